The molecule has 33 heavy (non-hydrogen) atoms. The lowest BCUT2D eigenvalue weighted by Crippen LogP contribution is -2.56. The topological polar surface area (TPSA) is 108 Å². The summed E-state index contributed by atoms with van der Waals surface area (Å²) in [4.78, 5) is 40.9. The van der Waals surface area contributed by atoms with Crippen LogP contribution in [0.1, 0.15) is 67.0 Å². The van der Waals surface area contributed by atoms with E-state index in [1.807, 2.05) is 20.8 Å². The van der Waals surface area contributed by atoms with E-state index in [4.69, 9.17) is 4.74 Å². The number of alkyl carbamates (subject to hydrolysis) is 1. The summed E-state index contributed by atoms with van der Waals surface area (Å²) >= 11 is 0. The Labute approximate surface area is 197 Å². The summed E-state index contributed by atoms with van der Waals surface area (Å²) in [5.41, 5.74) is -0.848. The van der Waals surface area contributed by atoms with Gasteiger partial charge in [0.2, 0.25) is 11.8 Å². The Morgan fingerprint density at radius 2 is 1.76 bits per heavy atom. The van der Waals surface area contributed by atoms with Crippen LogP contribution < -0.4 is 10.6 Å². The molecule has 0 spiro atoms. The van der Waals surface area contributed by atoms with Crippen LogP contribution in [0.3, 0.4) is 0 Å². The fourth-order valence-corrected chi connectivity index (χ4v) is 3.19. The van der Waals surface area contributed by atoms with Crippen LogP contribution >= 0.6 is 0 Å². The van der Waals surface area contributed by atoms with Crippen molar-refractivity contribution in [3.8, 4) is 5.75 Å². The molecule has 8 nitrogen and oxygen atoms in total. The number of carbonyl (C=O) groups excluding carboxylic acids is 3. The highest BCUT2D eigenvalue weighted by Crippen LogP contribution is 2.27. The zero-order chi connectivity index (χ0) is 25.6. The molecule has 0 fully saturated rings. The second-order valence-electron chi connectivity index (χ2n) is 10.4. The number of ether oxygens (including phenoxy) is 1. The normalized spacial score (nSPS) is 13.6. The number of aromatic hydroxyl groups is 1. The monoisotopic (exact) mass is 461 g/mol. The van der Waals surface area contributed by atoms with Gasteiger partial charge in [-0.3, -0.25) is 9.59 Å². The number of hydrogen-bond donors (Lipinski definition) is 3. The maximum absolute atomic E-state index is 13.7. The lowest BCUT2D eigenvalue weighted by Gasteiger charge is -2.36. The Kier molecular flexibility index (Phi) is 9.51. The minimum atomic E-state index is -1.05. The van der Waals surface area contributed by atoms with Gasteiger partial charge in [0.25, 0.3) is 0 Å². The molecule has 0 bridgehead atoms. The molecule has 0 aliphatic heterocycles. The number of nitrogens with one attached hydrogen (secondary N) is 2. The van der Waals surface area contributed by atoms with Crippen LogP contribution in [-0.4, -0.2) is 51.6 Å². The second kappa shape index (κ2) is 11.2. The van der Waals surface area contributed by atoms with Crippen molar-refractivity contribution in [1.29, 1.82) is 0 Å². The highest BCUT2D eigenvalue weighted by atomic mass is 16.6. The van der Waals surface area contributed by atoms with Crippen LogP contribution in [0.25, 0.3) is 0 Å². The molecule has 0 heterocycles. The molecule has 1 aromatic carbocycles. The molecule has 0 saturated heterocycles. The average molecular weight is 462 g/mol. The van der Waals surface area contributed by atoms with Crippen molar-refractivity contribution in [1.82, 2.24) is 15.5 Å². The summed E-state index contributed by atoms with van der Waals surface area (Å²) in [6.45, 7) is 18.1. The molecule has 0 aliphatic carbocycles. The minimum Gasteiger partial charge on any atom is -0.508 e. The van der Waals surface area contributed by atoms with Crippen LogP contribution in [0.15, 0.2) is 36.9 Å². The van der Waals surface area contributed by atoms with E-state index >= 15 is 0 Å². The first-order chi connectivity index (χ1) is 15.1. The van der Waals surface area contributed by atoms with Crippen molar-refractivity contribution in [2.75, 3.05) is 6.54 Å². The third kappa shape index (κ3) is 9.16. The summed E-state index contributed by atoms with van der Waals surface area (Å²) in [6.07, 6.45) is 0.796. The van der Waals surface area contributed by atoms with Gasteiger partial charge < -0.3 is 25.4 Å². The van der Waals surface area contributed by atoms with Crippen LogP contribution in [0.4, 0.5) is 4.79 Å². The van der Waals surface area contributed by atoms with E-state index in [0.29, 0.717) is 5.56 Å². The molecular weight excluding hydrogens is 422 g/mol. The molecule has 2 atom stereocenters. The standard InChI is InChI=1S/C25H39N3O5/c1-10-14-28(22(31)19(16(2)3)26-23(32)33-25(7,8)9)20(21(30)27-24(4,5)6)17-12-11-13-18(29)15-17/h10-13,15-16,19-20,29H,1,14H2,2-9H3,(H,26,32)(H,27,30). The Morgan fingerprint density at radius 1 is 1.15 bits per heavy atom. The molecule has 3 amide bonds. The maximum atomic E-state index is 13.7. The van der Waals surface area contributed by atoms with Gasteiger partial charge in [0, 0.05) is 12.1 Å². The van der Waals surface area contributed by atoms with Gasteiger partial charge in [-0.2, -0.15) is 0 Å². The van der Waals surface area contributed by atoms with Gasteiger partial charge in [-0.1, -0.05) is 32.1 Å². The zero-order valence-electron chi connectivity index (χ0n) is 21.1. The van der Waals surface area contributed by atoms with Gasteiger partial charge in [0.1, 0.15) is 23.4 Å². The predicted octanol–water partition coefficient (Wildman–Crippen LogP) is 3.91. The van der Waals surface area contributed by atoms with Gasteiger partial charge >= 0.3 is 6.09 Å². The van der Waals surface area contributed by atoms with Crippen molar-refractivity contribution in [3.63, 3.8) is 0 Å². The second-order valence-corrected chi connectivity index (χ2v) is 10.4. The Hall–Kier alpha value is -3.03. The highest BCUT2D eigenvalue weighted by molar-refractivity contribution is 5.92. The molecule has 3 N–H and O–H groups in total. The summed E-state index contributed by atoms with van der Waals surface area (Å²) in [7, 11) is 0. The molecule has 0 aromatic heterocycles. The first-order valence-corrected chi connectivity index (χ1v) is 11.1. The first-order valence-electron chi connectivity index (χ1n) is 11.1. The summed E-state index contributed by atoms with van der Waals surface area (Å²) in [5, 5.41) is 15.6. The Bertz CT molecular complexity index is 852. The molecule has 0 aliphatic rings. The number of nitrogens with zero attached hydrogens (tertiary/aromatic N) is 1. The SMILES string of the molecule is C=CCN(C(=O)C(NC(=O)OC(C)(C)C)C(C)C)C(C(=O)NC(C)(C)C)c1cccc(O)c1. The summed E-state index contributed by atoms with van der Waals surface area (Å²) in [5.74, 6) is -1.19. The largest absolute Gasteiger partial charge is 0.508 e. The number of rotatable bonds is 8. The van der Waals surface area contributed by atoms with E-state index in [0.717, 1.165) is 0 Å². The number of phenolic OH excluding ortho intramolecular Hbond substituents is 1. The fourth-order valence-electron chi connectivity index (χ4n) is 3.19. The smallest absolute Gasteiger partial charge is 0.408 e. The van der Waals surface area contributed by atoms with Gasteiger partial charge in [0.15, 0.2) is 0 Å². The van der Waals surface area contributed by atoms with Crippen LogP contribution in [0.2, 0.25) is 0 Å². The number of benzene rings is 1. The Morgan fingerprint density at radius 3 is 2.21 bits per heavy atom. The molecule has 0 saturated carbocycles. The minimum absolute atomic E-state index is 0.0284. The third-order valence-electron chi connectivity index (χ3n) is 4.46. The fraction of sp³-hybridized carbons (Fsp3) is 0.560. The van der Waals surface area contributed by atoms with E-state index in [9.17, 15) is 19.5 Å². The van der Waals surface area contributed by atoms with Crippen LogP contribution in [0, 0.1) is 5.92 Å². The third-order valence-corrected chi connectivity index (χ3v) is 4.46. The van der Waals surface area contributed by atoms with Gasteiger partial charge in [-0.25, -0.2) is 4.79 Å². The number of hydrogen-bond acceptors (Lipinski definition) is 5. The number of phenols is 1. The zero-order valence-corrected chi connectivity index (χ0v) is 21.1. The van der Waals surface area contributed by atoms with Crippen molar-refractivity contribution < 1.29 is 24.2 Å². The maximum Gasteiger partial charge on any atom is 0.408 e. The quantitative estimate of drug-likeness (QED) is 0.509. The highest BCUT2D eigenvalue weighted by Gasteiger charge is 2.38. The van der Waals surface area contributed by atoms with Crippen molar-refractivity contribution in [2.24, 2.45) is 5.92 Å². The molecule has 184 valence electrons. The molecule has 8 heteroatoms. The molecule has 2 unspecified atom stereocenters. The molecule has 1 aromatic rings. The number of carbonyl (C=O) groups is 3. The van der Waals surface area contributed by atoms with E-state index in [-0.39, 0.29) is 18.2 Å². The van der Waals surface area contributed by atoms with Gasteiger partial charge in [0.05, 0.1) is 0 Å². The predicted molar refractivity (Wildman–Crippen MR) is 129 cm³/mol. The lowest BCUT2D eigenvalue weighted by molar-refractivity contribution is -0.143. The average Bonchev–Trinajstić information content (AvgIpc) is 2.62. The van der Waals surface area contributed by atoms with Crippen molar-refractivity contribution >= 4 is 17.9 Å². The van der Waals surface area contributed by atoms with Crippen molar-refractivity contribution in [3.05, 3.63) is 42.5 Å². The van der Waals surface area contributed by atoms with E-state index in [2.05, 4.69) is 17.2 Å². The molecule has 1 rings (SSSR count). The van der Waals surface area contributed by atoms with Crippen LogP contribution in [0.5, 0.6) is 5.75 Å². The van der Waals surface area contributed by atoms with E-state index in [1.165, 1.54) is 23.1 Å². The summed E-state index contributed by atoms with van der Waals surface area (Å²) in [6, 6.07) is 4.22. The van der Waals surface area contributed by atoms with Crippen molar-refractivity contribution in [2.45, 2.75) is 78.6 Å². The first kappa shape index (κ1) is 28.0. The lowest BCUT2D eigenvalue weighted by atomic mass is 9.97. The molecular formula is C25H39N3O5. The Balaban J connectivity index is 3.44. The van der Waals surface area contributed by atoms with Crippen LogP contribution in [-0.2, 0) is 14.3 Å². The number of amides is 3. The van der Waals surface area contributed by atoms with Gasteiger partial charge in [-0.05, 0) is 65.2 Å². The van der Waals surface area contributed by atoms with E-state index in [1.54, 1.807) is 46.8 Å². The molecule has 0 radical (unpaired) electrons. The van der Waals surface area contributed by atoms with E-state index < -0.39 is 41.1 Å². The van der Waals surface area contributed by atoms with Gasteiger partial charge in [-0.15, -0.1) is 6.58 Å². The summed E-state index contributed by atoms with van der Waals surface area (Å²) < 4.78 is 5.33.